The Morgan fingerprint density at radius 1 is 1.31 bits per heavy atom. The lowest BCUT2D eigenvalue weighted by atomic mass is 10.1. The molecule has 0 bridgehead atoms. The number of hydrogen-bond acceptors (Lipinski definition) is 4. The predicted molar refractivity (Wildman–Crippen MR) is 61.4 cm³/mol. The fourth-order valence-electron chi connectivity index (χ4n) is 1.36. The molecule has 0 amide bonds. The topological polar surface area (TPSA) is 92.0 Å². The zero-order valence-electron chi connectivity index (χ0n) is 8.07. The van der Waals surface area contributed by atoms with Crippen LogP contribution >= 0.6 is 11.6 Å². The molecule has 0 fully saturated rings. The van der Waals surface area contributed by atoms with Gasteiger partial charge in [0.05, 0.1) is 0 Å². The number of anilines is 1. The van der Waals surface area contributed by atoms with Crippen LogP contribution < -0.4 is 11.3 Å². The Labute approximate surface area is 95.5 Å². The van der Waals surface area contributed by atoms with Crippen LogP contribution in [0.15, 0.2) is 29.1 Å². The molecule has 5 nitrogen and oxygen atoms in total. The molecule has 1 aromatic carbocycles. The SMILES string of the molecule is Nc1nc(O)c(-c2ccc(Cl)cc2)c(=O)[nH]1. The molecule has 0 aliphatic carbocycles. The van der Waals surface area contributed by atoms with Crippen LogP contribution in [0, 0.1) is 0 Å². The molecule has 2 aromatic rings. The van der Waals surface area contributed by atoms with Gasteiger partial charge in [0, 0.05) is 5.02 Å². The molecule has 0 spiro atoms. The molecule has 1 aromatic heterocycles. The van der Waals surface area contributed by atoms with Gasteiger partial charge < -0.3 is 10.8 Å². The average Bonchev–Trinajstić information content (AvgIpc) is 2.19. The van der Waals surface area contributed by atoms with E-state index in [1.165, 1.54) is 0 Å². The van der Waals surface area contributed by atoms with Gasteiger partial charge in [-0.1, -0.05) is 23.7 Å². The Hall–Kier alpha value is -2.01. The molecule has 2 rings (SSSR count). The summed E-state index contributed by atoms with van der Waals surface area (Å²) in [6.45, 7) is 0. The minimum atomic E-state index is -0.493. The largest absolute Gasteiger partial charge is 0.493 e. The normalized spacial score (nSPS) is 10.3. The molecule has 82 valence electrons. The van der Waals surface area contributed by atoms with E-state index in [9.17, 15) is 9.90 Å². The Morgan fingerprint density at radius 3 is 2.50 bits per heavy atom. The first-order valence-corrected chi connectivity index (χ1v) is 4.80. The first-order chi connectivity index (χ1) is 7.58. The number of halogens is 1. The molecule has 0 aliphatic rings. The summed E-state index contributed by atoms with van der Waals surface area (Å²) in [7, 11) is 0. The number of aromatic amines is 1. The second kappa shape index (κ2) is 3.86. The fourth-order valence-corrected chi connectivity index (χ4v) is 1.48. The van der Waals surface area contributed by atoms with E-state index in [1.807, 2.05) is 0 Å². The molecule has 0 saturated heterocycles. The predicted octanol–water partition coefficient (Wildman–Crippen LogP) is 1.38. The maximum absolute atomic E-state index is 11.6. The van der Waals surface area contributed by atoms with E-state index < -0.39 is 11.4 Å². The smallest absolute Gasteiger partial charge is 0.264 e. The van der Waals surface area contributed by atoms with E-state index in [0.717, 1.165) is 0 Å². The highest BCUT2D eigenvalue weighted by Gasteiger charge is 2.11. The van der Waals surface area contributed by atoms with Crippen molar-refractivity contribution >= 4 is 17.5 Å². The van der Waals surface area contributed by atoms with E-state index in [2.05, 4.69) is 9.97 Å². The van der Waals surface area contributed by atoms with Gasteiger partial charge in [0.1, 0.15) is 5.56 Å². The monoisotopic (exact) mass is 237 g/mol. The van der Waals surface area contributed by atoms with Crippen molar-refractivity contribution in [3.8, 4) is 17.0 Å². The molecule has 0 saturated carbocycles. The van der Waals surface area contributed by atoms with Gasteiger partial charge >= 0.3 is 0 Å². The van der Waals surface area contributed by atoms with E-state index >= 15 is 0 Å². The summed E-state index contributed by atoms with van der Waals surface area (Å²) < 4.78 is 0. The highest BCUT2D eigenvalue weighted by Crippen LogP contribution is 2.24. The average molecular weight is 238 g/mol. The second-order valence-corrected chi connectivity index (χ2v) is 3.59. The number of nitrogens with one attached hydrogen (secondary N) is 1. The van der Waals surface area contributed by atoms with Crippen LogP contribution in [0.5, 0.6) is 5.88 Å². The first kappa shape index (κ1) is 10.5. The summed E-state index contributed by atoms with van der Waals surface area (Å²) >= 11 is 5.72. The van der Waals surface area contributed by atoms with Gasteiger partial charge in [0.2, 0.25) is 11.8 Å². The van der Waals surface area contributed by atoms with Crippen molar-refractivity contribution < 1.29 is 5.11 Å². The van der Waals surface area contributed by atoms with Gasteiger partial charge in [0.15, 0.2) is 0 Å². The highest BCUT2D eigenvalue weighted by atomic mass is 35.5. The Bertz CT molecular complexity index is 578. The summed E-state index contributed by atoms with van der Waals surface area (Å²) in [5.74, 6) is -0.524. The number of aromatic hydroxyl groups is 1. The molecule has 6 heteroatoms. The fraction of sp³-hybridized carbons (Fsp3) is 0. The lowest BCUT2D eigenvalue weighted by molar-refractivity contribution is 0.454. The summed E-state index contributed by atoms with van der Waals surface area (Å²) in [5, 5.41) is 10.1. The minimum Gasteiger partial charge on any atom is -0.493 e. The molecule has 0 atom stereocenters. The zero-order chi connectivity index (χ0) is 11.7. The highest BCUT2D eigenvalue weighted by molar-refractivity contribution is 6.30. The van der Waals surface area contributed by atoms with E-state index in [4.69, 9.17) is 17.3 Å². The zero-order valence-corrected chi connectivity index (χ0v) is 8.82. The molecule has 0 aliphatic heterocycles. The third-order valence-corrected chi connectivity index (χ3v) is 2.30. The van der Waals surface area contributed by atoms with Crippen LogP contribution in [-0.4, -0.2) is 15.1 Å². The quantitative estimate of drug-likeness (QED) is 0.699. The maximum atomic E-state index is 11.6. The van der Waals surface area contributed by atoms with Crippen molar-refractivity contribution in [2.24, 2.45) is 0 Å². The summed E-state index contributed by atoms with van der Waals surface area (Å²) in [6.07, 6.45) is 0. The standard InChI is InChI=1S/C10H8ClN3O2/c11-6-3-1-5(2-4-6)7-8(15)13-10(12)14-9(7)16/h1-4H,(H4,12,13,14,15,16). The Morgan fingerprint density at radius 2 is 1.94 bits per heavy atom. The van der Waals surface area contributed by atoms with E-state index in [-0.39, 0.29) is 11.5 Å². The molecule has 4 N–H and O–H groups in total. The summed E-state index contributed by atoms with van der Waals surface area (Å²) in [6, 6.07) is 6.47. The van der Waals surface area contributed by atoms with Crippen LogP contribution in [0.4, 0.5) is 5.95 Å². The number of nitrogens with two attached hydrogens (primary N) is 1. The van der Waals surface area contributed by atoms with Gasteiger partial charge in [-0.15, -0.1) is 0 Å². The molecule has 1 heterocycles. The second-order valence-electron chi connectivity index (χ2n) is 3.16. The molecule has 0 radical (unpaired) electrons. The molecular formula is C10H8ClN3O2. The number of benzene rings is 1. The van der Waals surface area contributed by atoms with E-state index in [0.29, 0.717) is 10.6 Å². The van der Waals surface area contributed by atoms with Crippen molar-refractivity contribution in [2.45, 2.75) is 0 Å². The molecule has 0 unspecified atom stereocenters. The number of nitrogens with zero attached hydrogens (tertiary/aromatic N) is 1. The number of aromatic nitrogens is 2. The third kappa shape index (κ3) is 1.85. The van der Waals surface area contributed by atoms with Gasteiger partial charge in [-0.3, -0.25) is 9.78 Å². The Kier molecular flexibility index (Phi) is 2.54. The lowest BCUT2D eigenvalue weighted by Gasteiger charge is -2.03. The van der Waals surface area contributed by atoms with Crippen LogP contribution in [0.3, 0.4) is 0 Å². The van der Waals surface area contributed by atoms with Gasteiger partial charge in [-0.05, 0) is 17.7 Å². The first-order valence-electron chi connectivity index (χ1n) is 4.42. The van der Waals surface area contributed by atoms with Gasteiger partial charge in [0.25, 0.3) is 5.56 Å². The number of rotatable bonds is 1. The van der Waals surface area contributed by atoms with Crippen LogP contribution in [0.2, 0.25) is 5.02 Å². The minimum absolute atomic E-state index is 0.0749. The Balaban J connectivity index is 2.65. The molecule has 16 heavy (non-hydrogen) atoms. The van der Waals surface area contributed by atoms with Crippen molar-refractivity contribution in [1.29, 1.82) is 0 Å². The van der Waals surface area contributed by atoms with Crippen molar-refractivity contribution in [3.05, 3.63) is 39.6 Å². The van der Waals surface area contributed by atoms with Crippen molar-refractivity contribution in [2.75, 3.05) is 5.73 Å². The number of H-pyrrole nitrogens is 1. The van der Waals surface area contributed by atoms with Gasteiger partial charge in [-0.2, -0.15) is 4.98 Å². The number of hydrogen-bond donors (Lipinski definition) is 3. The van der Waals surface area contributed by atoms with Gasteiger partial charge in [-0.25, -0.2) is 0 Å². The van der Waals surface area contributed by atoms with E-state index in [1.54, 1.807) is 24.3 Å². The van der Waals surface area contributed by atoms with Crippen LogP contribution in [-0.2, 0) is 0 Å². The molecular weight excluding hydrogens is 230 g/mol. The summed E-state index contributed by atoms with van der Waals surface area (Å²) in [4.78, 5) is 17.5. The number of nitrogen functional groups attached to an aromatic ring is 1. The van der Waals surface area contributed by atoms with Crippen LogP contribution in [0.1, 0.15) is 0 Å². The van der Waals surface area contributed by atoms with Crippen LogP contribution in [0.25, 0.3) is 11.1 Å². The maximum Gasteiger partial charge on any atom is 0.264 e. The third-order valence-electron chi connectivity index (χ3n) is 2.05. The lowest BCUT2D eigenvalue weighted by Crippen LogP contribution is -2.13. The van der Waals surface area contributed by atoms with Crippen molar-refractivity contribution in [3.63, 3.8) is 0 Å². The van der Waals surface area contributed by atoms with Crippen molar-refractivity contribution in [1.82, 2.24) is 9.97 Å². The summed E-state index contributed by atoms with van der Waals surface area (Å²) in [5.41, 5.74) is 5.39.